The molecule has 244 valence electrons. The predicted molar refractivity (Wildman–Crippen MR) is 172 cm³/mol. The van der Waals surface area contributed by atoms with Gasteiger partial charge < -0.3 is 24.1 Å². The van der Waals surface area contributed by atoms with Crippen LogP contribution in [0.4, 0.5) is 5.69 Å². The molecular formula is C37H43NO8. The molecule has 5 aliphatic rings. The molecule has 4 saturated carbocycles. The van der Waals surface area contributed by atoms with Crippen molar-refractivity contribution in [3.05, 3.63) is 46.0 Å². The quantitative estimate of drug-likeness (QED) is 0.131. The molecule has 9 heteroatoms. The zero-order valence-electron chi connectivity index (χ0n) is 27.1. The lowest BCUT2D eigenvalue weighted by atomic mass is 9.41. The van der Waals surface area contributed by atoms with Gasteiger partial charge in [0, 0.05) is 16.8 Å². The molecule has 0 aromatic heterocycles. The number of nitrogens with zero attached hydrogens (tertiary/aromatic N) is 1. The van der Waals surface area contributed by atoms with Crippen molar-refractivity contribution < 1.29 is 33.8 Å². The summed E-state index contributed by atoms with van der Waals surface area (Å²) < 4.78 is 23.0. The monoisotopic (exact) mass is 629 g/mol. The summed E-state index contributed by atoms with van der Waals surface area (Å²) in [5.74, 6) is 1.73. The van der Waals surface area contributed by atoms with Crippen molar-refractivity contribution in [3.8, 4) is 17.2 Å². The van der Waals surface area contributed by atoms with Crippen molar-refractivity contribution in [3.63, 3.8) is 0 Å². The fourth-order valence-corrected chi connectivity index (χ4v) is 11.6. The highest BCUT2D eigenvalue weighted by atomic mass is 16.7. The van der Waals surface area contributed by atoms with Crippen LogP contribution in [0.25, 0.3) is 21.5 Å². The highest BCUT2D eigenvalue weighted by molar-refractivity contribution is 6.22. The molecule has 46 heavy (non-hydrogen) atoms. The van der Waals surface area contributed by atoms with Gasteiger partial charge in [0.25, 0.3) is 5.69 Å². The van der Waals surface area contributed by atoms with Gasteiger partial charge in [-0.25, -0.2) is 4.79 Å². The van der Waals surface area contributed by atoms with Crippen molar-refractivity contribution in [2.24, 2.45) is 34.0 Å². The molecule has 0 unspecified atom stereocenters. The van der Waals surface area contributed by atoms with Crippen LogP contribution in [0.2, 0.25) is 0 Å². The van der Waals surface area contributed by atoms with Crippen molar-refractivity contribution in [2.75, 3.05) is 20.5 Å². The number of hydrogen-bond acceptors (Lipinski definition) is 8. The van der Waals surface area contributed by atoms with Gasteiger partial charge in [-0.15, -0.1) is 0 Å². The summed E-state index contributed by atoms with van der Waals surface area (Å²) in [5.41, 5.74) is -0.699. The molecule has 3 aromatic rings. The summed E-state index contributed by atoms with van der Waals surface area (Å²) in [7, 11) is 1.51. The molecule has 0 amide bonds. The Hall–Kier alpha value is -3.59. The van der Waals surface area contributed by atoms with E-state index in [2.05, 4.69) is 20.8 Å². The van der Waals surface area contributed by atoms with E-state index in [1.807, 2.05) is 6.07 Å². The van der Waals surface area contributed by atoms with Crippen LogP contribution < -0.4 is 14.2 Å². The molecule has 6 atom stereocenters. The van der Waals surface area contributed by atoms with Gasteiger partial charge in [0.1, 0.15) is 18.0 Å². The largest absolute Gasteiger partial charge is 0.496 e. The highest BCUT2D eigenvalue weighted by Crippen LogP contribution is 2.73. The second kappa shape index (κ2) is 9.96. The standard InChI is InChI=1S/C37H43NO8/c1-34(2)12-6-13-35(3)28(34)11-14-36-17-21(9-10-29(35)36)37(40,18-36)19-44-33(39)24-16-27-32(46-20-45-27)31-22-7-5-8-26(43-4)23(22)15-25(30(24)31)38(41)42/h5,7-8,15-16,21,28-29,40H,6,9-14,17-20H2,1-4H3/t21-,28-,29+,35-,36+,37+/m1/s1. The zero-order chi connectivity index (χ0) is 32.2. The SMILES string of the molecule is COc1cccc2c1cc([N+](=O)[O-])c1c(C(=O)OC[C@@]3(O)C[C@@]45CC[C@@H]6C(C)(C)CCC[C@@]6(C)[C@@H]4CC[C@@H]3C5)cc3c(c12)OCO3. The first-order chi connectivity index (χ1) is 21.9. The lowest BCUT2D eigenvalue weighted by molar-refractivity contribution is -0.383. The van der Waals surface area contributed by atoms with E-state index in [0.717, 1.165) is 25.7 Å². The minimum Gasteiger partial charge on any atom is -0.496 e. The Labute approximate surface area is 268 Å². The third kappa shape index (κ3) is 4.06. The zero-order valence-corrected chi connectivity index (χ0v) is 27.1. The lowest BCUT2D eigenvalue weighted by Gasteiger charge is -2.64. The topological polar surface area (TPSA) is 117 Å². The van der Waals surface area contributed by atoms with Crippen molar-refractivity contribution in [1.29, 1.82) is 0 Å². The van der Waals surface area contributed by atoms with Gasteiger partial charge in [-0.2, -0.15) is 0 Å². The van der Waals surface area contributed by atoms with Gasteiger partial charge in [0.2, 0.25) is 6.79 Å². The van der Waals surface area contributed by atoms with Gasteiger partial charge in [-0.05, 0) is 103 Å². The maximum atomic E-state index is 14.0. The number of esters is 1. The van der Waals surface area contributed by atoms with Crippen LogP contribution in [-0.2, 0) is 4.74 Å². The van der Waals surface area contributed by atoms with Gasteiger partial charge in [0.05, 0.1) is 23.0 Å². The number of methoxy groups -OCH3 is 1. The van der Waals surface area contributed by atoms with Crippen molar-refractivity contribution >= 4 is 33.2 Å². The Balaban J connectivity index is 1.14. The summed E-state index contributed by atoms with van der Waals surface area (Å²) in [6, 6.07) is 8.26. The molecule has 9 nitrogen and oxygen atoms in total. The number of rotatable bonds is 5. The number of ether oxygens (including phenoxy) is 4. The van der Waals surface area contributed by atoms with Crippen molar-refractivity contribution in [1.82, 2.24) is 0 Å². The summed E-state index contributed by atoms with van der Waals surface area (Å²) in [4.78, 5) is 26.0. The Kier molecular flexibility index (Phi) is 6.45. The Morgan fingerprint density at radius 3 is 2.65 bits per heavy atom. The maximum absolute atomic E-state index is 14.0. The lowest BCUT2D eigenvalue weighted by Crippen LogP contribution is -2.55. The summed E-state index contributed by atoms with van der Waals surface area (Å²) in [5, 5.41) is 26.4. The Morgan fingerprint density at radius 2 is 1.87 bits per heavy atom. The fourth-order valence-electron chi connectivity index (χ4n) is 11.6. The smallest absolute Gasteiger partial charge is 0.339 e. The molecule has 2 bridgehead atoms. The molecule has 3 aromatic carbocycles. The molecule has 4 fully saturated rings. The van der Waals surface area contributed by atoms with Crippen LogP contribution in [0.5, 0.6) is 17.2 Å². The summed E-state index contributed by atoms with van der Waals surface area (Å²) in [6.07, 6.45) is 9.74. The van der Waals surface area contributed by atoms with Gasteiger partial charge >= 0.3 is 5.97 Å². The molecule has 0 radical (unpaired) electrons. The number of non-ortho nitro benzene ring substituents is 1. The van der Waals surface area contributed by atoms with E-state index in [1.54, 1.807) is 12.1 Å². The van der Waals surface area contributed by atoms with E-state index in [0.29, 0.717) is 57.1 Å². The fraction of sp³-hybridized carbons (Fsp3) is 0.595. The molecule has 1 N–H and O–H groups in total. The van der Waals surface area contributed by atoms with E-state index < -0.39 is 16.5 Å². The summed E-state index contributed by atoms with van der Waals surface area (Å²) >= 11 is 0. The molecule has 1 aliphatic heterocycles. The Bertz CT molecular complexity index is 1800. The third-order valence-electron chi connectivity index (χ3n) is 13.2. The first-order valence-electron chi connectivity index (χ1n) is 16.8. The van der Waals surface area contributed by atoms with Crippen LogP contribution in [0, 0.1) is 44.1 Å². The van der Waals surface area contributed by atoms with E-state index in [9.17, 15) is 20.0 Å². The van der Waals surface area contributed by atoms with E-state index in [-0.39, 0.29) is 46.8 Å². The number of nitro benzene ring substituents is 1. The van der Waals surface area contributed by atoms with Gasteiger partial charge in [-0.3, -0.25) is 10.1 Å². The number of benzene rings is 3. The second-order valence-electron chi connectivity index (χ2n) is 15.8. The number of fused-ring (bicyclic) bond motifs is 8. The number of carbonyl (C=O) groups excluding carboxylic acids is 1. The molecule has 1 spiro atoms. The van der Waals surface area contributed by atoms with E-state index in [1.165, 1.54) is 44.9 Å². The van der Waals surface area contributed by atoms with Gasteiger partial charge in [0.15, 0.2) is 11.5 Å². The van der Waals surface area contributed by atoms with Crippen LogP contribution in [-0.4, -0.2) is 42.1 Å². The van der Waals surface area contributed by atoms with Crippen LogP contribution in [0.15, 0.2) is 30.3 Å². The highest BCUT2D eigenvalue weighted by Gasteiger charge is 2.67. The average Bonchev–Trinajstić information content (AvgIpc) is 3.57. The molecular weight excluding hydrogens is 586 g/mol. The maximum Gasteiger partial charge on any atom is 0.339 e. The molecule has 1 heterocycles. The second-order valence-corrected chi connectivity index (χ2v) is 15.8. The van der Waals surface area contributed by atoms with E-state index >= 15 is 0 Å². The molecule has 4 aliphatic carbocycles. The number of aliphatic hydroxyl groups is 1. The first kappa shape index (κ1) is 29.8. The van der Waals surface area contributed by atoms with Crippen LogP contribution >= 0.6 is 0 Å². The minimum absolute atomic E-state index is 0.0220. The average molecular weight is 630 g/mol. The minimum atomic E-state index is -1.13. The number of hydrogen-bond donors (Lipinski definition) is 1. The molecule has 8 rings (SSSR count). The van der Waals surface area contributed by atoms with Gasteiger partial charge in [-0.1, -0.05) is 39.3 Å². The summed E-state index contributed by atoms with van der Waals surface area (Å²) in [6.45, 7) is 7.22. The van der Waals surface area contributed by atoms with Crippen LogP contribution in [0.1, 0.15) is 88.9 Å². The first-order valence-corrected chi connectivity index (χ1v) is 16.8. The number of nitro groups is 1. The Morgan fingerprint density at radius 1 is 1.04 bits per heavy atom. The van der Waals surface area contributed by atoms with E-state index in [4.69, 9.17) is 18.9 Å². The molecule has 0 saturated heterocycles. The number of carbonyl (C=O) groups is 1. The normalized spacial score (nSPS) is 33.8. The predicted octanol–water partition coefficient (Wildman–Crippen LogP) is 7.96. The van der Waals surface area contributed by atoms with Crippen LogP contribution in [0.3, 0.4) is 0 Å². The third-order valence-corrected chi connectivity index (χ3v) is 13.2. The van der Waals surface area contributed by atoms with Crippen molar-refractivity contribution in [2.45, 2.75) is 84.2 Å².